The number of benzene rings is 1. The number of rotatable bonds is 3. The van der Waals surface area contributed by atoms with Crippen LogP contribution in [0.2, 0.25) is 0 Å². The Kier molecular flexibility index (Phi) is 4.33. The van der Waals surface area contributed by atoms with Gasteiger partial charge in [-0.15, -0.1) is 12.4 Å². The highest BCUT2D eigenvalue weighted by Gasteiger charge is 2.14. The van der Waals surface area contributed by atoms with Gasteiger partial charge in [0.1, 0.15) is 6.61 Å². The number of hydrogen-bond donors (Lipinski definition) is 1. The largest absolute Gasteiger partial charge is 0.475 e. The van der Waals surface area contributed by atoms with E-state index in [1.807, 2.05) is 24.3 Å². The minimum Gasteiger partial charge on any atom is -0.475 e. The second kappa shape index (κ2) is 5.98. The summed E-state index contributed by atoms with van der Waals surface area (Å²) in [6.45, 7) is 1.77. The molecule has 1 aliphatic rings. The first-order valence-electron chi connectivity index (χ1n) is 6.00. The normalized spacial score (nSPS) is 18.6. The number of nitrogens with one attached hydrogen (secondary N) is 1. The summed E-state index contributed by atoms with van der Waals surface area (Å²) < 4.78 is 5.66. The molecule has 0 amide bonds. The zero-order valence-electron chi connectivity index (χ0n) is 10.0. The number of ether oxygens (including phenoxy) is 1. The minimum absolute atomic E-state index is 0. The molecular weight excluding hydrogens is 250 g/mol. The molecule has 0 spiro atoms. The van der Waals surface area contributed by atoms with E-state index < -0.39 is 0 Å². The molecule has 96 valence electrons. The molecule has 2 heterocycles. The van der Waals surface area contributed by atoms with Crippen molar-refractivity contribution in [2.24, 2.45) is 0 Å². The summed E-state index contributed by atoms with van der Waals surface area (Å²) in [4.78, 5) is 8.74. The second-order valence-corrected chi connectivity index (χ2v) is 4.30. The van der Waals surface area contributed by atoms with Crippen LogP contribution in [0.25, 0.3) is 11.0 Å². The molecule has 1 N–H and O–H groups in total. The maximum atomic E-state index is 5.66. The van der Waals surface area contributed by atoms with Gasteiger partial charge in [-0.05, 0) is 31.5 Å². The standard InChI is InChI=1S/C13H15N3O.ClH/c1-2-6-12-11(5-1)15-8-13(16-12)17-9-10-4-3-7-14-10;/h1-2,5-6,8,10,14H,3-4,7,9H2;1H. The van der Waals surface area contributed by atoms with Gasteiger partial charge in [0.2, 0.25) is 5.88 Å². The SMILES string of the molecule is Cl.c1ccc2nc(OCC3CCCN3)cnc2c1. The van der Waals surface area contributed by atoms with Gasteiger partial charge < -0.3 is 10.1 Å². The van der Waals surface area contributed by atoms with Gasteiger partial charge in [-0.25, -0.2) is 9.97 Å². The smallest absolute Gasteiger partial charge is 0.232 e. The van der Waals surface area contributed by atoms with Crippen molar-refractivity contribution in [3.63, 3.8) is 0 Å². The van der Waals surface area contributed by atoms with Gasteiger partial charge in [0, 0.05) is 6.04 Å². The summed E-state index contributed by atoms with van der Waals surface area (Å²) in [6, 6.07) is 8.27. The van der Waals surface area contributed by atoms with Crippen LogP contribution in [0.5, 0.6) is 5.88 Å². The number of para-hydroxylation sites is 2. The van der Waals surface area contributed by atoms with Crippen molar-refractivity contribution < 1.29 is 4.74 Å². The van der Waals surface area contributed by atoms with Crippen molar-refractivity contribution in [3.05, 3.63) is 30.5 Å². The fraction of sp³-hybridized carbons (Fsp3) is 0.385. The third-order valence-electron chi connectivity index (χ3n) is 3.02. The van der Waals surface area contributed by atoms with Crippen molar-refractivity contribution in [2.45, 2.75) is 18.9 Å². The van der Waals surface area contributed by atoms with Crippen LogP contribution in [-0.4, -0.2) is 29.2 Å². The molecule has 0 radical (unpaired) electrons. The summed E-state index contributed by atoms with van der Waals surface area (Å²) in [6.07, 6.45) is 4.11. The average molecular weight is 266 g/mol. The van der Waals surface area contributed by atoms with E-state index in [9.17, 15) is 0 Å². The highest BCUT2D eigenvalue weighted by Crippen LogP contribution is 2.14. The Morgan fingerprint density at radius 1 is 1.28 bits per heavy atom. The predicted molar refractivity (Wildman–Crippen MR) is 73.3 cm³/mol. The highest BCUT2D eigenvalue weighted by molar-refractivity contribution is 5.85. The molecule has 1 fully saturated rings. The summed E-state index contributed by atoms with van der Waals surface area (Å²) in [5.41, 5.74) is 1.78. The molecule has 1 saturated heterocycles. The summed E-state index contributed by atoms with van der Waals surface area (Å²) in [5, 5.41) is 3.39. The van der Waals surface area contributed by atoms with Crippen LogP contribution < -0.4 is 10.1 Å². The van der Waals surface area contributed by atoms with E-state index in [1.54, 1.807) is 6.20 Å². The third kappa shape index (κ3) is 2.89. The molecule has 4 nitrogen and oxygen atoms in total. The molecule has 1 aromatic carbocycles. The number of aromatic nitrogens is 2. The fourth-order valence-corrected chi connectivity index (χ4v) is 2.09. The Balaban J connectivity index is 0.00000120. The number of halogens is 1. The topological polar surface area (TPSA) is 47.0 Å². The fourth-order valence-electron chi connectivity index (χ4n) is 2.09. The first kappa shape index (κ1) is 13.1. The lowest BCUT2D eigenvalue weighted by Crippen LogP contribution is -2.28. The van der Waals surface area contributed by atoms with Crippen LogP contribution in [-0.2, 0) is 0 Å². The average Bonchev–Trinajstić information content (AvgIpc) is 2.89. The maximum absolute atomic E-state index is 5.66. The van der Waals surface area contributed by atoms with E-state index >= 15 is 0 Å². The number of hydrogen-bond acceptors (Lipinski definition) is 4. The summed E-state index contributed by atoms with van der Waals surface area (Å²) >= 11 is 0. The van der Waals surface area contributed by atoms with Crippen molar-refractivity contribution in [1.29, 1.82) is 0 Å². The maximum Gasteiger partial charge on any atom is 0.232 e. The van der Waals surface area contributed by atoms with Gasteiger partial charge in [0.25, 0.3) is 0 Å². The molecule has 18 heavy (non-hydrogen) atoms. The van der Waals surface area contributed by atoms with Crippen LogP contribution >= 0.6 is 12.4 Å². The monoisotopic (exact) mass is 265 g/mol. The highest BCUT2D eigenvalue weighted by atomic mass is 35.5. The zero-order chi connectivity index (χ0) is 11.5. The van der Waals surface area contributed by atoms with E-state index in [4.69, 9.17) is 4.74 Å². The Hall–Kier alpha value is -1.39. The molecule has 1 aliphatic heterocycles. The molecule has 3 rings (SSSR count). The third-order valence-corrected chi connectivity index (χ3v) is 3.02. The lowest BCUT2D eigenvalue weighted by Gasteiger charge is -2.11. The molecular formula is C13H16ClN3O. The van der Waals surface area contributed by atoms with Gasteiger partial charge >= 0.3 is 0 Å². The second-order valence-electron chi connectivity index (χ2n) is 4.30. The quantitative estimate of drug-likeness (QED) is 0.924. The first-order chi connectivity index (χ1) is 8.42. The van der Waals surface area contributed by atoms with Crippen molar-refractivity contribution in [2.75, 3.05) is 13.2 Å². The van der Waals surface area contributed by atoms with E-state index in [0.717, 1.165) is 17.6 Å². The molecule has 1 unspecified atom stereocenters. The van der Waals surface area contributed by atoms with Gasteiger partial charge in [-0.2, -0.15) is 0 Å². The van der Waals surface area contributed by atoms with Crippen LogP contribution in [0.1, 0.15) is 12.8 Å². The van der Waals surface area contributed by atoms with Gasteiger partial charge in [-0.1, -0.05) is 12.1 Å². The van der Waals surface area contributed by atoms with Crippen molar-refractivity contribution in [3.8, 4) is 5.88 Å². The van der Waals surface area contributed by atoms with Crippen LogP contribution in [0.3, 0.4) is 0 Å². The van der Waals surface area contributed by atoms with E-state index in [2.05, 4.69) is 15.3 Å². The molecule has 1 aromatic heterocycles. The van der Waals surface area contributed by atoms with Crippen LogP contribution in [0.15, 0.2) is 30.5 Å². The zero-order valence-corrected chi connectivity index (χ0v) is 10.8. The number of nitrogens with zero attached hydrogens (tertiary/aromatic N) is 2. The molecule has 0 saturated carbocycles. The van der Waals surface area contributed by atoms with Gasteiger partial charge in [-0.3, -0.25) is 0 Å². The Morgan fingerprint density at radius 3 is 2.89 bits per heavy atom. The molecule has 0 aliphatic carbocycles. The number of fused-ring (bicyclic) bond motifs is 1. The summed E-state index contributed by atoms with van der Waals surface area (Å²) in [7, 11) is 0. The Bertz CT molecular complexity index is 514. The predicted octanol–water partition coefficient (Wildman–Crippen LogP) is 2.18. The van der Waals surface area contributed by atoms with Crippen LogP contribution in [0.4, 0.5) is 0 Å². The van der Waals surface area contributed by atoms with Crippen LogP contribution in [0, 0.1) is 0 Å². The van der Waals surface area contributed by atoms with E-state index in [-0.39, 0.29) is 12.4 Å². The Morgan fingerprint density at radius 2 is 2.11 bits per heavy atom. The molecule has 2 aromatic rings. The van der Waals surface area contributed by atoms with Crippen molar-refractivity contribution in [1.82, 2.24) is 15.3 Å². The van der Waals surface area contributed by atoms with Gasteiger partial charge in [0.15, 0.2) is 0 Å². The molecule has 0 bridgehead atoms. The molecule has 5 heteroatoms. The molecule has 1 atom stereocenters. The summed E-state index contributed by atoms with van der Waals surface area (Å²) in [5.74, 6) is 0.609. The Labute approximate surface area is 112 Å². The minimum atomic E-state index is 0. The van der Waals surface area contributed by atoms with E-state index in [1.165, 1.54) is 12.8 Å². The lowest BCUT2D eigenvalue weighted by molar-refractivity contribution is 0.267. The van der Waals surface area contributed by atoms with E-state index in [0.29, 0.717) is 18.5 Å². The lowest BCUT2D eigenvalue weighted by atomic mass is 10.2. The first-order valence-corrected chi connectivity index (χ1v) is 6.00. The van der Waals surface area contributed by atoms with Crippen molar-refractivity contribution >= 4 is 23.4 Å². The van der Waals surface area contributed by atoms with Gasteiger partial charge in [0.05, 0.1) is 17.2 Å².